The smallest absolute Gasteiger partial charge is 0.320 e. The molecule has 0 spiro atoms. The maximum absolute atomic E-state index is 12.4. The van der Waals surface area contributed by atoms with Gasteiger partial charge in [0.1, 0.15) is 19.3 Å². The third-order valence-corrected chi connectivity index (χ3v) is 3.82. The van der Waals surface area contributed by atoms with Gasteiger partial charge in [-0.05, 0) is 17.5 Å². The van der Waals surface area contributed by atoms with E-state index in [9.17, 15) is 14.4 Å². The standard InChI is InChI=1S/C20H21NO6/c21-17(18(22)23)11-16(19(24)26-12-14-7-3-1-4-8-14)20(25)27-13-15-9-5-2-6-10-15/h1-10,16-17H,11-13,21H2,(H,22,23)/t17-/m0/s1. The molecule has 2 aromatic carbocycles. The van der Waals surface area contributed by atoms with Crippen molar-refractivity contribution in [1.29, 1.82) is 0 Å². The van der Waals surface area contributed by atoms with Gasteiger partial charge in [0.05, 0.1) is 0 Å². The molecule has 3 N–H and O–H groups in total. The van der Waals surface area contributed by atoms with Gasteiger partial charge < -0.3 is 20.3 Å². The fourth-order valence-corrected chi connectivity index (χ4v) is 2.30. The van der Waals surface area contributed by atoms with Gasteiger partial charge in [0.25, 0.3) is 0 Å². The molecule has 0 bridgehead atoms. The first-order valence-corrected chi connectivity index (χ1v) is 8.37. The van der Waals surface area contributed by atoms with Crippen molar-refractivity contribution in [2.24, 2.45) is 11.7 Å². The van der Waals surface area contributed by atoms with E-state index in [4.69, 9.17) is 20.3 Å². The maximum atomic E-state index is 12.4. The highest BCUT2D eigenvalue weighted by Crippen LogP contribution is 2.14. The molecular formula is C20H21NO6. The zero-order valence-corrected chi connectivity index (χ0v) is 14.6. The molecule has 7 nitrogen and oxygen atoms in total. The number of benzene rings is 2. The number of aliphatic carboxylic acids is 1. The topological polar surface area (TPSA) is 116 Å². The number of carboxylic acid groups (broad SMARTS) is 1. The highest BCUT2D eigenvalue weighted by molar-refractivity contribution is 5.95. The minimum absolute atomic E-state index is 0.0373. The van der Waals surface area contributed by atoms with E-state index in [1.54, 1.807) is 48.5 Å². The second kappa shape index (κ2) is 10.1. The van der Waals surface area contributed by atoms with Crippen molar-refractivity contribution in [3.8, 4) is 0 Å². The summed E-state index contributed by atoms with van der Waals surface area (Å²) >= 11 is 0. The van der Waals surface area contributed by atoms with Crippen LogP contribution in [-0.4, -0.2) is 29.1 Å². The summed E-state index contributed by atoms with van der Waals surface area (Å²) in [6, 6.07) is 16.5. The van der Waals surface area contributed by atoms with Crippen molar-refractivity contribution in [3.63, 3.8) is 0 Å². The molecule has 27 heavy (non-hydrogen) atoms. The Labute approximate surface area is 156 Å². The van der Waals surface area contributed by atoms with Crippen LogP contribution in [0.1, 0.15) is 17.5 Å². The van der Waals surface area contributed by atoms with Gasteiger partial charge in [-0.25, -0.2) is 0 Å². The average Bonchev–Trinajstić information content (AvgIpc) is 2.69. The van der Waals surface area contributed by atoms with Gasteiger partial charge in [0.15, 0.2) is 5.92 Å². The lowest BCUT2D eigenvalue weighted by atomic mass is 10.0. The summed E-state index contributed by atoms with van der Waals surface area (Å²) in [5.74, 6) is -4.46. The maximum Gasteiger partial charge on any atom is 0.320 e. The number of rotatable bonds is 9. The first kappa shape index (κ1) is 20.1. The van der Waals surface area contributed by atoms with E-state index in [-0.39, 0.29) is 13.2 Å². The number of hydrogen-bond donors (Lipinski definition) is 2. The van der Waals surface area contributed by atoms with Gasteiger partial charge in [-0.1, -0.05) is 60.7 Å². The fraction of sp³-hybridized carbons (Fsp3) is 0.250. The van der Waals surface area contributed by atoms with Crippen LogP contribution in [0.3, 0.4) is 0 Å². The molecule has 0 radical (unpaired) electrons. The van der Waals surface area contributed by atoms with Crippen LogP contribution < -0.4 is 5.73 Å². The number of hydrogen-bond acceptors (Lipinski definition) is 6. The van der Waals surface area contributed by atoms with E-state index in [0.29, 0.717) is 0 Å². The van der Waals surface area contributed by atoms with E-state index >= 15 is 0 Å². The molecule has 0 fully saturated rings. The van der Waals surface area contributed by atoms with Crippen LogP contribution in [0.15, 0.2) is 60.7 Å². The zero-order valence-electron chi connectivity index (χ0n) is 14.6. The van der Waals surface area contributed by atoms with Crippen molar-refractivity contribution in [3.05, 3.63) is 71.8 Å². The molecule has 0 heterocycles. The Morgan fingerprint density at radius 3 is 1.59 bits per heavy atom. The molecule has 2 rings (SSSR count). The van der Waals surface area contributed by atoms with E-state index in [0.717, 1.165) is 11.1 Å². The van der Waals surface area contributed by atoms with Gasteiger partial charge in [-0.15, -0.1) is 0 Å². The number of nitrogens with two attached hydrogens (primary N) is 1. The molecule has 0 aliphatic rings. The van der Waals surface area contributed by atoms with Gasteiger partial charge in [-0.2, -0.15) is 0 Å². The summed E-state index contributed by atoms with van der Waals surface area (Å²) < 4.78 is 10.3. The Morgan fingerprint density at radius 2 is 1.22 bits per heavy atom. The van der Waals surface area contributed by atoms with Crippen molar-refractivity contribution in [2.45, 2.75) is 25.7 Å². The number of carboxylic acids is 1. The van der Waals surface area contributed by atoms with Crippen LogP contribution in [-0.2, 0) is 37.1 Å². The Hall–Kier alpha value is -3.19. The Kier molecular flexibility index (Phi) is 7.51. The van der Waals surface area contributed by atoms with Crippen molar-refractivity contribution in [2.75, 3.05) is 0 Å². The molecule has 2 aromatic rings. The summed E-state index contributed by atoms with van der Waals surface area (Å²) in [5, 5.41) is 8.98. The van der Waals surface area contributed by atoms with E-state index in [2.05, 4.69) is 0 Å². The number of esters is 2. The highest BCUT2D eigenvalue weighted by atomic mass is 16.6. The minimum Gasteiger partial charge on any atom is -0.480 e. The highest BCUT2D eigenvalue weighted by Gasteiger charge is 2.33. The SMILES string of the molecule is N[C@@H](CC(C(=O)OCc1ccccc1)C(=O)OCc1ccccc1)C(=O)O. The van der Waals surface area contributed by atoms with Gasteiger partial charge in [0.2, 0.25) is 0 Å². The van der Waals surface area contributed by atoms with Gasteiger partial charge >= 0.3 is 17.9 Å². The molecule has 0 unspecified atom stereocenters. The van der Waals surface area contributed by atoms with Crippen LogP contribution in [0, 0.1) is 5.92 Å². The summed E-state index contributed by atoms with van der Waals surface area (Å²) in [7, 11) is 0. The summed E-state index contributed by atoms with van der Waals surface area (Å²) in [6.45, 7) is -0.0745. The molecule has 0 saturated carbocycles. The largest absolute Gasteiger partial charge is 0.480 e. The molecule has 0 amide bonds. The molecule has 0 aliphatic heterocycles. The molecule has 1 atom stereocenters. The Balaban J connectivity index is 2.01. The van der Waals surface area contributed by atoms with Crippen LogP contribution >= 0.6 is 0 Å². The van der Waals surface area contributed by atoms with Gasteiger partial charge in [-0.3, -0.25) is 14.4 Å². The van der Waals surface area contributed by atoms with Gasteiger partial charge in [0, 0.05) is 0 Å². The van der Waals surface area contributed by atoms with E-state index < -0.39 is 36.3 Å². The number of carbonyl (C=O) groups is 3. The lowest BCUT2D eigenvalue weighted by Crippen LogP contribution is -2.38. The van der Waals surface area contributed by atoms with Crippen molar-refractivity contribution in [1.82, 2.24) is 0 Å². The molecule has 7 heteroatoms. The second-order valence-electron chi connectivity index (χ2n) is 5.92. The minimum atomic E-state index is -1.41. The first-order valence-electron chi connectivity index (χ1n) is 8.37. The third kappa shape index (κ3) is 6.56. The van der Waals surface area contributed by atoms with Crippen LogP contribution in [0.2, 0.25) is 0 Å². The fourth-order valence-electron chi connectivity index (χ4n) is 2.30. The quantitative estimate of drug-likeness (QED) is 0.511. The normalized spacial score (nSPS) is 11.6. The van der Waals surface area contributed by atoms with Crippen LogP contribution in [0.25, 0.3) is 0 Å². The van der Waals surface area contributed by atoms with E-state index in [1.807, 2.05) is 12.1 Å². The lowest BCUT2D eigenvalue weighted by Gasteiger charge is -2.17. The summed E-state index contributed by atoms with van der Waals surface area (Å²) in [4.78, 5) is 35.7. The lowest BCUT2D eigenvalue weighted by molar-refractivity contribution is -0.164. The van der Waals surface area contributed by atoms with E-state index in [1.165, 1.54) is 0 Å². The molecule has 0 saturated heterocycles. The predicted octanol–water partition coefficient (Wildman–Crippen LogP) is 1.89. The monoisotopic (exact) mass is 371 g/mol. The first-order chi connectivity index (χ1) is 13.0. The number of carbonyl (C=O) groups excluding carboxylic acids is 2. The molecule has 0 aliphatic carbocycles. The zero-order chi connectivity index (χ0) is 19.6. The Morgan fingerprint density at radius 1 is 0.815 bits per heavy atom. The Bertz CT molecular complexity index is 707. The van der Waals surface area contributed by atoms with Crippen LogP contribution in [0.5, 0.6) is 0 Å². The number of ether oxygens (including phenoxy) is 2. The molecule has 142 valence electrons. The van der Waals surface area contributed by atoms with Crippen LogP contribution in [0.4, 0.5) is 0 Å². The summed E-state index contributed by atoms with van der Waals surface area (Å²) in [5.41, 5.74) is 6.97. The van der Waals surface area contributed by atoms with Crippen molar-refractivity contribution < 1.29 is 29.0 Å². The third-order valence-electron chi connectivity index (χ3n) is 3.82. The predicted molar refractivity (Wildman–Crippen MR) is 96.2 cm³/mol. The van der Waals surface area contributed by atoms with Crippen molar-refractivity contribution >= 4 is 17.9 Å². The second-order valence-corrected chi connectivity index (χ2v) is 5.92. The average molecular weight is 371 g/mol. The summed E-state index contributed by atoms with van der Waals surface area (Å²) in [6.07, 6.45) is -0.406. The molecule has 0 aromatic heterocycles. The molecular weight excluding hydrogens is 350 g/mol.